The van der Waals surface area contributed by atoms with Crippen molar-refractivity contribution in [2.24, 2.45) is 5.29 Å². The van der Waals surface area contributed by atoms with Crippen molar-refractivity contribution < 1.29 is 9.66 Å². The third-order valence-corrected chi connectivity index (χ3v) is 2.67. The normalized spacial score (nSPS) is 14.2. The van der Waals surface area contributed by atoms with E-state index in [1.54, 1.807) is 4.90 Å². The molecule has 0 saturated heterocycles. The van der Waals surface area contributed by atoms with E-state index in [1.165, 1.54) is 24.3 Å². The van der Waals surface area contributed by atoms with Crippen LogP contribution in [0.3, 0.4) is 0 Å². The van der Waals surface area contributed by atoms with Crippen LogP contribution in [0.4, 0.5) is 11.4 Å². The molecule has 102 valence electrons. The summed E-state index contributed by atoms with van der Waals surface area (Å²) < 4.78 is 5.14. The number of nitrogens with zero attached hydrogens (tertiary/aromatic N) is 4. The fraction of sp³-hybridized carbons (Fsp3) is 0.182. The maximum Gasteiger partial charge on any atom is 0.269 e. The van der Waals surface area contributed by atoms with Crippen molar-refractivity contribution in [3.63, 3.8) is 0 Å². The van der Waals surface area contributed by atoms with E-state index in [9.17, 15) is 15.0 Å². The molecule has 0 bridgehead atoms. The van der Waals surface area contributed by atoms with Crippen molar-refractivity contribution in [1.29, 1.82) is 5.26 Å². The van der Waals surface area contributed by atoms with E-state index in [2.05, 4.69) is 10.7 Å². The Balaban J connectivity index is 2.35. The summed E-state index contributed by atoms with van der Waals surface area (Å²) in [6, 6.07) is 7.63. The molecule has 9 heteroatoms. The molecule has 0 atom stereocenters. The predicted octanol–water partition coefficient (Wildman–Crippen LogP) is 1.40. The highest BCUT2D eigenvalue weighted by atomic mass is 16.6. The monoisotopic (exact) mass is 275 g/mol. The van der Waals surface area contributed by atoms with E-state index < -0.39 is 4.92 Å². The molecule has 1 heterocycles. The van der Waals surface area contributed by atoms with Crippen LogP contribution in [-0.2, 0) is 4.74 Å². The van der Waals surface area contributed by atoms with E-state index in [1.807, 2.05) is 6.07 Å². The molecule has 0 aromatic heterocycles. The maximum absolute atomic E-state index is 10.6. The number of nitro benzene ring substituents is 1. The minimum absolute atomic E-state index is 0.0351. The minimum Gasteiger partial charge on any atom is -0.474 e. The molecule has 1 aromatic rings. The molecule has 1 aromatic carbocycles. The first kappa shape index (κ1) is 13.3. The molecule has 0 spiro atoms. The van der Waals surface area contributed by atoms with Gasteiger partial charge in [0.25, 0.3) is 5.69 Å². The molecule has 0 amide bonds. The van der Waals surface area contributed by atoms with Crippen LogP contribution in [0.15, 0.2) is 41.1 Å². The Morgan fingerprint density at radius 3 is 2.70 bits per heavy atom. The van der Waals surface area contributed by atoms with Gasteiger partial charge in [-0.05, 0) is 12.1 Å². The molecule has 0 aliphatic carbocycles. The van der Waals surface area contributed by atoms with Gasteiger partial charge in [-0.1, -0.05) is 0 Å². The topological polar surface area (TPSA) is 121 Å². The fourth-order valence-corrected chi connectivity index (χ4v) is 1.79. The molecular formula is C11H9N5O4. The fourth-order valence-electron chi connectivity index (χ4n) is 1.79. The third kappa shape index (κ3) is 2.49. The number of anilines is 1. The number of non-ortho nitro benzene ring substituents is 1. The lowest BCUT2D eigenvalue weighted by atomic mass is 10.2. The van der Waals surface area contributed by atoms with Gasteiger partial charge < -0.3 is 9.64 Å². The second-order valence-corrected chi connectivity index (χ2v) is 3.77. The largest absolute Gasteiger partial charge is 0.474 e. The zero-order valence-electron chi connectivity index (χ0n) is 10.1. The number of nitroso groups, excluding NO2 is 1. The van der Waals surface area contributed by atoms with Gasteiger partial charge in [-0.25, -0.2) is 5.43 Å². The molecule has 0 unspecified atom stereocenters. The Bertz CT molecular complexity index is 604. The van der Waals surface area contributed by atoms with Gasteiger partial charge >= 0.3 is 0 Å². The van der Waals surface area contributed by atoms with Gasteiger partial charge in [0.05, 0.1) is 16.8 Å². The Labute approximate surface area is 113 Å². The molecule has 20 heavy (non-hydrogen) atoms. The summed E-state index contributed by atoms with van der Waals surface area (Å²) in [6.45, 7) is 0.630. The second-order valence-electron chi connectivity index (χ2n) is 3.77. The summed E-state index contributed by atoms with van der Waals surface area (Å²) >= 11 is 0. The highest BCUT2D eigenvalue weighted by Gasteiger charge is 2.23. The summed E-state index contributed by atoms with van der Waals surface area (Å²) in [5.74, 6) is -0.0351. The number of hydrogen-bond donors (Lipinski definition) is 1. The van der Waals surface area contributed by atoms with Crippen LogP contribution in [0, 0.1) is 26.4 Å². The SMILES string of the molecule is N#CC1=C(NN=O)OCCN1c1ccc([N+](=O)[O-])cc1. The molecule has 1 N–H and O–H groups in total. The average Bonchev–Trinajstić information content (AvgIpc) is 2.47. The van der Waals surface area contributed by atoms with Crippen molar-refractivity contribution in [2.45, 2.75) is 0 Å². The highest BCUT2D eigenvalue weighted by Crippen LogP contribution is 2.25. The molecular weight excluding hydrogens is 266 g/mol. The van der Waals surface area contributed by atoms with Gasteiger partial charge in [-0.15, -0.1) is 4.91 Å². The van der Waals surface area contributed by atoms with Crippen molar-refractivity contribution >= 4 is 11.4 Å². The van der Waals surface area contributed by atoms with Crippen molar-refractivity contribution in [3.05, 3.63) is 50.9 Å². The zero-order valence-corrected chi connectivity index (χ0v) is 10.1. The molecule has 2 rings (SSSR count). The van der Waals surface area contributed by atoms with Crippen molar-refractivity contribution in [3.8, 4) is 6.07 Å². The standard InChI is InChI=1S/C11H9N5O4/c12-7-10-11(13-14-17)20-6-5-15(10)8-1-3-9(4-2-8)16(18)19/h1-4H,5-6H2,(H,13,17). The van der Waals surface area contributed by atoms with E-state index in [0.29, 0.717) is 12.2 Å². The average molecular weight is 275 g/mol. The van der Waals surface area contributed by atoms with Crippen LogP contribution in [0.25, 0.3) is 0 Å². The Kier molecular flexibility index (Phi) is 3.76. The Morgan fingerprint density at radius 2 is 2.15 bits per heavy atom. The number of ether oxygens (including phenoxy) is 1. The first-order chi connectivity index (χ1) is 9.67. The van der Waals surface area contributed by atoms with Gasteiger partial charge in [0, 0.05) is 17.8 Å². The molecule has 0 fully saturated rings. The summed E-state index contributed by atoms with van der Waals surface area (Å²) in [6.07, 6.45) is 0. The summed E-state index contributed by atoms with van der Waals surface area (Å²) in [5.41, 5.74) is 2.70. The molecule has 1 aliphatic heterocycles. The van der Waals surface area contributed by atoms with Crippen LogP contribution in [-0.4, -0.2) is 18.1 Å². The number of nitro groups is 1. The number of allylic oxidation sites excluding steroid dienone is 1. The quantitative estimate of drug-likeness (QED) is 0.500. The van der Waals surface area contributed by atoms with E-state index in [-0.39, 0.29) is 23.9 Å². The van der Waals surface area contributed by atoms with Gasteiger partial charge in [0.2, 0.25) is 5.88 Å². The minimum atomic E-state index is -0.507. The molecule has 1 aliphatic rings. The number of nitrogens with one attached hydrogen (secondary N) is 1. The lowest BCUT2D eigenvalue weighted by molar-refractivity contribution is -0.384. The predicted molar refractivity (Wildman–Crippen MR) is 68.0 cm³/mol. The first-order valence-electron chi connectivity index (χ1n) is 5.55. The third-order valence-electron chi connectivity index (χ3n) is 2.67. The van der Waals surface area contributed by atoms with E-state index in [4.69, 9.17) is 10.00 Å². The first-order valence-corrected chi connectivity index (χ1v) is 5.55. The summed E-state index contributed by atoms with van der Waals surface area (Å²) in [7, 11) is 0. The zero-order chi connectivity index (χ0) is 14.5. The number of rotatable bonds is 4. The Hall–Kier alpha value is -3.15. The van der Waals surface area contributed by atoms with Crippen LogP contribution in [0.5, 0.6) is 0 Å². The van der Waals surface area contributed by atoms with Gasteiger partial charge in [0.15, 0.2) is 5.70 Å². The highest BCUT2D eigenvalue weighted by molar-refractivity contribution is 5.58. The number of benzene rings is 1. The summed E-state index contributed by atoms with van der Waals surface area (Å²) in [4.78, 5) is 21.9. The van der Waals surface area contributed by atoms with Crippen molar-refractivity contribution in [2.75, 3.05) is 18.1 Å². The number of hydrogen-bond acceptors (Lipinski definition) is 7. The van der Waals surface area contributed by atoms with Crippen LogP contribution in [0.2, 0.25) is 0 Å². The van der Waals surface area contributed by atoms with E-state index in [0.717, 1.165) is 0 Å². The van der Waals surface area contributed by atoms with Gasteiger partial charge in [-0.2, -0.15) is 5.26 Å². The molecule has 0 saturated carbocycles. The lowest BCUT2D eigenvalue weighted by Crippen LogP contribution is -2.35. The molecule has 0 radical (unpaired) electrons. The smallest absolute Gasteiger partial charge is 0.269 e. The Morgan fingerprint density at radius 1 is 1.45 bits per heavy atom. The number of nitriles is 1. The van der Waals surface area contributed by atoms with Crippen LogP contribution < -0.4 is 10.3 Å². The van der Waals surface area contributed by atoms with Crippen LogP contribution in [0.1, 0.15) is 0 Å². The second kappa shape index (κ2) is 5.66. The lowest BCUT2D eigenvalue weighted by Gasteiger charge is -2.29. The van der Waals surface area contributed by atoms with Gasteiger partial charge in [-0.3, -0.25) is 10.1 Å². The van der Waals surface area contributed by atoms with Crippen LogP contribution >= 0.6 is 0 Å². The van der Waals surface area contributed by atoms with Crippen molar-refractivity contribution in [1.82, 2.24) is 5.43 Å². The van der Waals surface area contributed by atoms with Gasteiger partial charge in [0.1, 0.15) is 12.7 Å². The summed E-state index contributed by atoms with van der Waals surface area (Å²) in [5, 5.41) is 22.2. The molecule has 9 nitrogen and oxygen atoms in total. The maximum atomic E-state index is 10.6. The van der Waals surface area contributed by atoms with E-state index >= 15 is 0 Å².